The standard InChI is InChI=1S/C18H22N/c1-3-7-16(8-4-1)15-19-13-11-18(12-14-19)17-9-5-2-6-10-17/h1,3-4,7-8,11-14,17H,2,5-6,9-10,15H2/q+1. The van der Waals surface area contributed by atoms with Crippen LogP contribution >= 0.6 is 0 Å². The van der Waals surface area contributed by atoms with Gasteiger partial charge in [0.1, 0.15) is 0 Å². The van der Waals surface area contributed by atoms with E-state index in [0.29, 0.717) is 0 Å². The molecular weight excluding hydrogens is 230 g/mol. The lowest BCUT2D eigenvalue weighted by molar-refractivity contribution is -0.688. The van der Waals surface area contributed by atoms with Crippen LogP contribution in [0, 0.1) is 0 Å². The first kappa shape index (κ1) is 12.4. The maximum Gasteiger partial charge on any atom is 0.173 e. The third kappa shape index (κ3) is 3.23. The zero-order chi connectivity index (χ0) is 12.9. The lowest BCUT2D eigenvalue weighted by atomic mass is 9.84. The van der Waals surface area contributed by atoms with Crippen LogP contribution in [0.1, 0.15) is 49.1 Å². The Hall–Kier alpha value is -1.63. The average molecular weight is 252 g/mol. The Kier molecular flexibility index (Phi) is 3.92. The topological polar surface area (TPSA) is 3.88 Å². The van der Waals surface area contributed by atoms with Crippen molar-refractivity contribution in [3.05, 3.63) is 66.0 Å². The molecule has 2 aromatic rings. The summed E-state index contributed by atoms with van der Waals surface area (Å²) in [5.41, 5.74) is 2.89. The highest BCUT2D eigenvalue weighted by molar-refractivity contribution is 5.15. The van der Waals surface area contributed by atoms with Gasteiger partial charge in [-0.25, -0.2) is 4.57 Å². The van der Waals surface area contributed by atoms with Gasteiger partial charge in [0.05, 0.1) is 0 Å². The molecule has 98 valence electrons. The number of nitrogens with zero attached hydrogens (tertiary/aromatic N) is 1. The van der Waals surface area contributed by atoms with Crippen LogP contribution in [-0.2, 0) is 6.54 Å². The molecule has 0 spiro atoms. The van der Waals surface area contributed by atoms with E-state index in [1.165, 1.54) is 43.2 Å². The minimum atomic E-state index is 0.806. The normalized spacial score (nSPS) is 16.4. The summed E-state index contributed by atoms with van der Waals surface area (Å²) >= 11 is 0. The molecule has 1 saturated carbocycles. The third-order valence-corrected chi connectivity index (χ3v) is 4.20. The van der Waals surface area contributed by atoms with Gasteiger partial charge in [-0.3, -0.25) is 0 Å². The Morgan fingerprint density at radius 2 is 1.53 bits per heavy atom. The summed E-state index contributed by atoms with van der Waals surface area (Å²) in [5.74, 6) is 0.806. The molecule has 0 unspecified atom stereocenters. The zero-order valence-corrected chi connectivity index (χ0v) is 11.5. The fourth-order valence-electron chi connectivity index (χ4n) is 3.08. The molecule has 1 aromatic carbocycles. The SMILES string of the molecule is c1ccc(C[n+]2ccc(C3CCCCC3)cc2)cc1. The number of benzene rings is 1. The number of aromatic nitrogens is 1. The highest BCUT2D eigenvalue weighted by atomic mass is 14.9. The van der Waals surface area contributed by atoms with Crippen molar-refractivity contribution in [3.63, 3.8) is 0 Å². The van der Waals surface area contributed by atoms with Crippen LogP contribution in [0.4, 0.5) is 0 Å². The maximum absolute atomic E-state index is 2.32. The molecule has 0 N–H and O–H groups in total. The van der Waals surface area contributed by atoms with Crippen molar-refractivity contribution in [2.75, 3.05) is 0 Å². The lowest BCUT2D eigenvalue weighted by Crippen LogP contribution is -2.33. The summed E-state index contributed by atoms with van der Waals surface area (Å²) in [6.07, 6.45) is 11.5. The molecule has 19 heavy (non-hydrogen) atoms. The molecule has 1 aliphatic carbocycles. The Labute approximate surface area is 115 Å². The van der Waals surface area contributed by atoms with Crippen molar-refractivity contribution in [3.8, 4) is 0 Å². The van der Waals surface area contributed by atoms with Gasteiger partial charge >= 0.3 is 0 Å². The largest absolute Gasteiger partial charge is 0.201 e. The summed E-state index contributed by atoms with van der Waals surface area (Å²) in [4.78, 5) is 0. The van der Waals surface area contributed by atoms with Crippen LogP contribution in [0.15, 0.2) is 54.9 Å². The number of hydrogen-bond donors (Lipinski definition) is 0. The quantitative estimate of drug-likeness (QED) is 0.725. The van der Waals surface area contributed by atoms with E-state index in [0.717, 1.165) is 12.5 Å². The second kappa shape index (κ2) is 6.01. The summed E-state index contributed by atoms with van der Waals surface area (Å²) in [5, 5.41) is 0. The van der Waals surface area contributed by atoms with Gasteiger partial charge in [0.15, 0.2) is 18.9 Å². The highest BCUT2D eigenvalue weighted by Gasteiger charge is 2.16. The van der Waals surface area contributed by atoms with Gasteiger partial charge in [0, 0.05) is 17.7 Å². The van der Waals surface area contributed by atoms with E-state index in [2.05, 4.69) is 59.4 Å². The first-order valence-corrected chi connectivity index (χ1v) is 7.45. The molecule has 1 heterocycles. The number of rotatable bonds is 3. The average Bonchev–Trinajstić information content (AvgIpc) is 2.50. The third-order valence-electron chi connectivity index (χ3n) is 4.20. The van der Waals surface area contributed by atoms with Crippen LogP contribution in [0.2, 0.25) is 0 Å². The van der Waals surface area contributed by atoms with E-state index in [-0.39, 0.29) is 0 Å². The second-order valence-corrected chi connectivity index (χ2v) is 5.62. The predicted octanol–water partition coefficient (Wildman–Crippen LogP) is 4.07. The molecule has 1 aliphatic rings. The molecule has 1 heteroatoms. The minimum Gasteiger partial charge on any atom is -0.201 e. The molecule has 1 nitrogen and oxygen atoms in total. The van der Waals surface area contributed by atoms with Crippen LogP contribution in [0.25, 0.3) is 0 Å². The molecule has 1 fully saturated rings. The van der Waals surface area contributed by atoms with Gasteiger partial charge < -0.3 is 0 Å². The van der Waals surface area contributed by atoms with Crippen molar-refractivity contribution in [1.29, 1.82) is 0 Å². The first-order chi connectivity index (χ1) is 9.42. The molecule has 1 aromatic heterocycles. The predicted molar refractivity (Wildman–Crippen MR) is 78.0 cm³/mol. The van der Waals surface area contributed by atoms with Gasteiger partial charge in [-0.15, -0.1) is 0 Å². The Morgan fingerprint density at radius 3 is 2.21 bits per heavy atom. The van der Waals surface area contributed by atoms with E-state index >= 15 is 0 Å². The monoisotopic (exact) mass is 252 g/mol. The smallest absolute Gasteiger partial charge is 0.173 e. The molecule has 0 atom stereocenters. The Balaban J connectivity index is 1.68. The van der Waals surface area contributed by atoms with Gasteiger partial charge in [-0.1, -0.05) is 49.6 Å². The summed E-state index contributed by atoms with van der Waals surface area (Å²) in [6, 6.07) is 15.3. The van der Waals surface area contributed by atoms with Crippen LogP contribution in [0.5, 0.6) is 0 Å². The van der Waals surface area contributed by atoms with Crippen LogP contribution < -0.4 is 4.57 Å². The Bertz CT molecular complexity index is 495. The van der Waals surface area contributed by atoms with E-state index in [1.807, 2.05) is 0 Å². The van der Waals surface area contributed by atoms with Gasteiger partial charge in [-0.2, -0.15) is 0 Å². The first-order valence-electron chi connectivity index (χ1n) is 7.45. The summed E-state index contributed by atoms with van der Waals surface area (Å²) in [6.45, 7) is 0.964. The van der Waals surface area contributed by atoms with E-state index < -0.39 is 0 Å². The van der Waals surface area contributed by atoms with Crippen molar-refractivity contribution >= 4 is 0 Å². The molecular formula is C18H22N+. The minimum absolute atomic E-state index is 0.806. The second-order valence-electron chi connectivity index (χ2n) is 5.62. The van der Waals surface area contributed by atoms with Gasteiger partial charge in [0.25, 0.3) is 0 Å². The van der Waals surface area contributed by atoms with E-state index in [4.69, 9.17) is 0 Å². The molecule has 0 amide bonds. The van der Waals surface area contributed by atoms with Crippen LogP contribution in [0.3, 0.4) is 0 Å². The van der Waals surface area contributed by atoms with Crippen molar-refractivity contribution < 1.29 is 4.57 Å². The van der Waals surface area contributed by atoms with Gasteiger partial charge in [0.2, 0.25) is 0 Å². The van der Waals surface area contributed by atoms with Crippen LogP contribution in [-0.4, -0.2) is 0 Å². The summed E-state index contributed by atoms with van der Waals surface area (Å²) in [7, 11) is 0. The summed E-state index contributed by atoms with van der Waals surface area (Å²) < 4.78 is 2.27. The fourth-order valence-corrected chi connectivity index (χ4v) is 3.08. The molecule has 0 saturated heterocycles. The lowest BCUT2D eigenvalue weighted by Gasteiger charge is -2.21. The maximum atomic E-state index is 2.32. The molecule has 0 bridgehead atoms. The van der Waals surface area contributed by atoms with Crippen molar-refractivity contribution in [2.45, 2.75) is 44.6 Å². The van der Waals surface area contributed by atoms with Crippen molar-refractivity contribution in [2.24, 2.45) is 0 Å². The van der Waals surface area contributed by atoms with Crippen molar-refractivity contribution in [1.82, 2.24) is 0 Å². The fraction of sp³-hybridized carbons (Fsp3) is 0.389. The Morgan fingerprint density at radius 1 is 0.842 bits per heavy atom. The van der Waals surface area contributed by atoms with E-state index in [1.54, 1.807) is 0 Å². The highest BCUT2D eigenvalue weighted by Crippen LogP contribution is 2.31. The number of hydrogen-bond acceptors (Lipinski definition) is 0. The zero-order valence-electron chi connectivity index (χ0n) is 11.5. The molecule has 3 rings (SSSR count). The molecule has 0 radical (unpaired) electrons. The molecule has 0 aliphatic heterocycles. The number of pyridine rings is 1. The van der Waals surface area contributed by atoms with E-state index in [9.17, 15) is 0 Å². The van der Waals surface area contributed by atoms with Gasteiger partial charge in [-0.05, 0) is 24.3 Å².